The fraction of sp³-hybridized carbons (Fsp3) is 0.304. The highest BCUT2D eigenvalue weighted by molar-refractivity contribution is 5.96. The number of nitrogens with zero attached hydrogens (tertiary/aromatic N) is 3. The molecule has 4 heterocycles. The molecule has 0 radical (unpaired) electrons. The van der Waals surface area contributed by atoms with E-state index in [9.17, 15) is 5.26 Å². The van der Waals surface area contributed by atoms with Crippen LogP contribution in [0.5, 0.6) is 5.75 Å². The SMILES string of the molecule is N#Cc1cc(-c2c[nH]c3ncc(C(C=N)C=NC4COC4)cc23)ccc1OC1COC1. The van der Waals surface area contributed by atoms with Crippen molar-refractivity contribution in [1.82, 2.24) is 9.97 Å². The molecule has 0 spiro atoms. The molecule has 2 N–H and O–H groups in total. The number of nitriles is 1. The van der Waals surface area contributed by atoms with Crippen LogP contribution in [0.25, 0.3) is 22.2 Å². The van der Waals surface area contributed by atoms with Gasteiger partial charge in [0.25, 0.3) is 0 Å². The van der Waals surface area contributed by atoms with Crippen molar-refractivity contribution >= 4 is 23.5 Å². The number of benzene rings is 1. The lowest BCUT2D eigenvalue weighted by Gasteiger charge is -2.27. The second kappa shape index (κ2) is 8.30. The molecule has 0 bridgehead atoms. The van der Waals surface area contributed by atoms with Crippen molar-refractivity contribution in [2.24, 2.45) is 4.99 Å². The molecule has 156 valence electrons. The standard InChI is InChI=1S/C23H21N5O3/c24-5-15-3-14(1-2-22(15)31-19-12-30-13-19)21-9-28-23-20(21)4-16(7-27-23)17(6-25)8-26-18-10-29-11-18/h1-4,6-9,17-19,25H,10-13H2,(H,27,28). The summed E-state index contributed by atoms with van der Waals surface area (Å²) >= 11 is 0. The van der Waals surface area contributed by atoms with Crippen LogP contribution in [0.15, 0.2) is 41.7 Å². The molecule has 3 aromatic rings. The summed E-state index contributed by atoms with van der Waals surface area (Å²) in [5, 5.41) is 18.3. The monoisotopic (exact) mass is 415 g/mol. The Morgan fingerprint density at radius 2 is 2.10 bits per heavy atom. The van der Waals surface area contributed by atoms with Crippen LogP contribution in [0.2, 0.25) is 0 Å². The first-order chi connectivity index (χ1) is 15.2. The van der Waals surface area contributed by atoms with Crippen LogP contribution in [0, 0.1) is 16.7 Å². The molecule has 2 aliphatic rings. The summed E-state index contributed by atoms with van der Waals surface area (Å²) in [6.45, 7) is 2.37. The Hall–Kier alpha value is -3.54. The number of rotatable bonds is 7. The van der Waals surface area contributed by atoms with Gasteiger partial charge >= 0.3 is 0 Å². The molecule has 2 fully saturated rings. The van der Waals surface area contributed by atoms with Crippen LogP contribution >= 0.6 is 0 Å². The number of pyridine rings is 1. The van der Waals surface area contributed by atoms with Crippen molar-refractivity contribution in [2.45, 2.75) is 18.1 Å². The molecular weight excluding hydrogens is 394 g/mol. The van der Waals surface area contributed by atoms with Crippen LogP contribution in [0.1, 0.15) is 17.0 Å². The van der Waals surface area contributed by atoms with E-state index < -0.39 is 0 Å². The lowest BCUT2D eigenvalue weighted by atomic mass is 9.98. The summed E-state index contributed by atoms with van der Waals surface area (Å²) in [4.78, 5) is 12.2. The molecule has 1 unspecified atom stereocenters. The van der Waals surface area contributed by atoms with E-state index in [0.717, 1.165) is 27.7 Å². The zero-order valence-electron chi connectivity index (χ0n) is 16.7. The number of hydrogen-bond donors (Lipinski definition) is 2. The number of hydrogen-bond acceptors (Lipinski definition) is 7. The first-order valence-corrected chi connectivity index (χ1v) is 10.1. The molecular formula is C23H21N5O3. The van der Waals surface area contributed by atoms with E-state index in [2.05, 4.69) is 21.0 Å². The maximum Gasteiger partial charge on any atom is 0.145 e. The predicted molar refractivity (Wildman–Crippen MR) is 116 cm³/mol. The largest absolute Gasteiger partial charge is 0.484 e. The predicted octanol–water partition coefficient (Wildman–Crippen LogP) is 3.08. The smallest absolute Gasteiger partial charge is 0.145 e. The number of aliphatic imine (C=N–C) groups is 1. The Balaban J connectivity index is 1.47. The molecule has 0 saturated carbocycles. The first kappa shape index (κ1) is 19.4. The zero-order valence-corrected chi connectivity index (χ0v) is 16.7. The Morgan fingerprint density at radius 3 is 2.77 bits per heavy atom. The number of nitrogens with one attached hydrogen (secondary N) is 2. The van der Waals surface area contributed by atoms with Gasteiger partial charge in [0, 0.05) is 35.8 Å². The zero-order chi connectivity index (χ0) is 21.2. The average Bonchev–Trinajstić information content (AvgIpc) is 3.15. The molecule has 2 saturated heterocycles. The number of ether oxygens (including phenoxy) is 3. The van der Waals surface area contributed by atoms with Crippen molar-refractivity contribution in [3.63, 3.8) is 0 Å². The third-order valence-electron chi connectivity index (χ3n) is 5.51. The quantitative estimate of drug-likeness (QED) is 0.575. The second-order valence-electron chi connectivity index (χ2n) is 7.65. The van der Waals surface area contributed by atoms with Crippen molar-refractivity contribution in [2.75, 3.05) is 26.4 Å². The minimum Gasteiger partial charge on any atom is -0.484 e. The molecule has 1 atom stereocenters. The molecule has 8 nitrogen and oxygen atoms in total. The van der Waals surface area contributed by atoms with Gasteiger partial charge in [-0.25, -0.2) is 4.98 Å². The van der Waals surface area contributed by atoms with Gasteiger partial charge < -0.3 is 24.6 Å². The maximum absolute atomic E-state index is 9.61. The molecule has 2 aromatic heterocycles. The Labute approximate surface area is 179 Å². The highest BCUT2D eigenvalue weighted by atomic mass is 16.6. The van der Waals surface area contributed by atoms with Gasteiger partial charge in [0.1, 0.15) is 23.6 Å². The molecule has 0 aliphatic carbocycles. The number of aromatic amines is 1. The normalized spacial score (nSPS) is 17.8. The van der Waals surface area contributed by atoms with Crippen molar-refractivity contribution in [3.05, 3.63) is 47.8 Å². The van der Waals surface area contributed by atoms with Gasteiger partial charge in [-0.05, 0) is 29.3 Å². The van der Waals surface area contributed by atoms with Gasteiger partial charge in [0.05, 0.1) is 44.0 Å². The number of fused-ring (bicyclic) bond motifs is 1. The Bertz CT molecular complexity index is 1190. The molecule has 2 aliphatic heterocycles. The topological polar surface area (TPSA) is 116 Å². The van der Waals surface area contributed by atoms with Crippen LogP contribution < -0.4 is 4.74 Å². The van der Waals surface area contributed by atoms with E-state index in [1.54, 1.807) is 12.4 Å². The lowest BCUT2D eigenvalue weighted by Crippen LogP contribution is -2.38. The van der Waals surface area contributed by atoms with E-state index in [4.69, 9.17) is 19.6 Å². The summed E-state index contributed by atoms with van der Waals surface area (Å²) in [5.41, 5.74) is 3.95. The molecule has 31 heavy (non-hydrogen) atoms. The van der Waals surface area contributed by atoms with E-state index >= 15 is 0 Å². The minimum atomic E-state index is -0.254. The van der Waals surface area contributed by atoms with Gasteiger partial charge in [0.2, 0.25) is 0 Å². The van der Waals surface area contributed by atoms with Gasteiger partial charge in [-0.2, -0.15) is 5.26 Å². The van der Waals surface area contributed by atoms with E-state index in [1.807, 2.05) is 30.5 Å². The summed E-state index contributed by atoms with van der Waals surface area (Å²) in [6.07, 6.45) is 6.81. The van der Waals surface area contributed by atoms with Gasteiger partial charge in [-0.15, -0.1) is 0 Å². The fourth-order valence-corrected chi connectivity index (χ4v) is 3.54. The van der Waals surface area contributed by atoms with Crippen molar-refractivity contribution < 1.29 is 14.2 Å². The summed E-state index contributed by atoms with van der Waals surface area (Å²) in [5.74, 6) is 0.314. The Morgan fingerprint density at radius 1 is 1.26 bits per heavy atom. The summed E-state index contributed by atoms with van der Waals surface area (Å²) < 4.78 is 16.1. The first-order valence-electron chi connectivity index (χ1n) is 10.1. The third kappa shape index (κ3) is 3.81. The van der Waals surface area contributed by atoms with E-state index in [0.29, 0.717) is 37.7 Å². The van der Waals surface area contributed by atoms with Crippen LogP contribution in [0.3, 0.4) is 0 Å². The van der Waals surface area contributed by atoms with Crippen molar-refractivity contribution in [3.8, 4) is 22.9 Å². The number of aromatic nitrogens is 2. The lowest BCUT2D eigenvalue weighted by molar-refractivity contribution is -0.0797. The highest BCUT2D eigenvalue weighted by Gasteiger charge is 2.22. The number of H-pyrrole nitrogens is 1. The summed E-state index contributed by atoms with van der Waals surface area (Å²) in [7, 11) is 0. The average molecular weight is 415 g/mol. The van der Waals surface area contributed by atoms with Gasteiger partial charge in [-0.3, -0.25) is 4.99 Å². The Kier molecular flexibility index (Phi) is 5.20. The van der Waals surface area contributed by atoms with Crippen molar-refractivity contribution in [1.29, 1.82) is 10.7 Å². The van der Waals surface area contributed by atoms with Crippen LogP contribution in [0.4, 0.5) is 0 Å². The van der Waals surface area contributed by atoms with E-state index in [-0.39, 0.29) is 18.1 Å². The fourth-order valence-electron chi connectivity index (χ4n) is 3.54. The van der Waals surface area contributed by atoms with E-state index in [1.165, 1.54) is 6.21 Å². The molecule has 8 heteroatoms. The van der Waals surface area contributed by atoms with Gasteiger partial charge in [0.15, 0.2) is 0 Å². The molecule has 5 rings (SSSR count). The third-order valence-corrected chi connectivity index (χ3v) is 5.51. The highest BCUT2D eigenvalue weighted by Crippen LogP contribution is 2.33. The minimum absolute atomic E-state index is 0.00372. The van der Waals surface area contributed by atoms with Crippen LogP contribution in [-0.2, 0) is 9.47 Å². The van der Waals surface area contributed by atoms with Crippen LogP contribution in [-0.4, -0.2) is 61.0 Å². The molecule has 0 amide bonds. The molecule has 1 aromatic carbocycles. The summed E-state index contributed by atoms with van der Waals surface area (Å²) in [6, 6.07) is 10.0. The second-order valence-corrected chi connectivity index (χ2v) is 7.65. The maximum atomic E-state index is 9.61. The van der Waals surface area contributed by atoms with Gasteiger partial charge in [-0.1, -0.05) is 6.07 Å².